The Labute approximate surface area is 167 Å². The quantitative estimate of drug-likeness (QED) is 0.747. The first-order chi connectivity index (χ1) is 13.6. The van der Waals surface area contributed by atoms with Crippen LogP contribution in [0.1, 0.15) is 29.7 Å². The molecule has 1 saturated heterocycles. The normalized spacial score (nSPS) is 20.2. The van der Waals surface area contributed by atoms with Gasteiger partial charge in [-0.1, -0.05) is 42.5 Å². The van der Waals surface area contributed by atoms with Gasteiger partial charge in [0.15, 0.2) is 6.54 Å². The average Bonchev–Trinajstić information content (AvgIpc) is 2.75. The molecule has 1 heterocycles. The molecule has 1 amide bonds. The predicted molar refractivity (Wildman–Crippen MR) is 109 cm³/mol. The van der Waals surface area contributed by atoms with E-state index >= 15 is 0 Å². The number of hydrogen-bond donors (Lipinski definition) is 2. The maximum atomic E-state index is 12.7. The van der Waals surface area contributed by atoms with Gasteiger partial charge in [-0.05, 0) is 24.6 Å². The highest BCUT2D eigenvalue weighted by atomic mass is 16.2. The number of hydrogen-bond acceptors (Lipinski definition) is 2. The average molecular weight is 379 g/mol. The third-order valence-corrected chi connectivity index (χ3v) is 5.86. The summed E-state index contributed by atoms with van der Waals surface area (Å²) in [6, 6.07) is 20.3. The molecule has 146 valence electrons. The second-order valence-corrected chi connectivity index (χ2v) is 7.75. The number of nitriles is 1. The number of carbonyl (C=O) groups excluding carboxylic acids is 1. The van der Waals surface area contributed by atoms with E-state index in [9.17, 15) is 4.79 Å². The molecule has 5 nitrogen and oxygen atoms in total. The molecule has 0 aliphatic carbocycles. The van der Waals surface area contributed by atoms with Gasteiger partial charge in [-0.15, -0.1) is 0 Å². The first kappa shape index (κ1) is 20.1. The molecule has 2 aromatic carbocycles. The highest BCUT2D eigenvalue weighted by Gasteiger charge is 2.27. The van der Waals surface area contributed by atoms with Gasteiger partial charge in [0, 0.05) is 12.6 Å². The third kappa shape index (κ3) is 5.19. The topological polar surface area (TPSA) is 53.0 Å². The Kier molecular flexibility index (Phi) is 6.80. The van der Waals surface area contributed by atoms with Crippen molar-refractivity contribution >= 4 is 5.91 Å². The van der Waals surface area contributed by atoms with Crippen molar-refractivity contribution in [3.8, 4) is 6.07 Å². The van der Waals surface area contributed by atoms with Crippen LogP contribution in [0, 0.1) is 11.3 Å². The van der Waals surface area contributed by atoms with Crippen LogP contribution in [-0.4, -0.2) is 50.6 Å². The smallest absolute Gasteiger partial charge is 0.278 e. The highest BCUT2D eigenvalue weighted by Crippen LogP contribution is 2.17. The molecule has 0 saturated carbocycles. The summed E-state index contributed by atoms with van der Waals surface area (Å²) < 4.78 is 0. The standard InChI is InChI=1S/C23H28N4O/c1-19(22-6-4-3-5-7-22)25(2)23(28)18-27-14-12-26(13-15-27)17-21-10-8-20(16-24)9-11-21/h3-11,19H,12-15,17-18H2,1-2H3/p+2/t19-/m1/s1. The molecule has 1 aliphatic heterocycles. The number of nitrogens with one attached hydrogen (secondary N) is 2. The van der Waals surface area contributed by atoms with Crippen molar-refractivity contribution in [3.63, 3.8) is 0 Å². The van der Waals surface area contributed by atoms with Gasteiger partial charge in [0.25, 0.3) is 5.91 Å². The number of piperazine rings is 1. The molecule has 0 bridgehead atoms. The lowest BCUT2D eigenvalue weighted by Crippen LogP contribution is -3.28. The zero-order chi connectivity index (χ0) is 19.9. The van der Waals surface area contributed by atoms with E-state index in [1.165, 1.54) is 16.0 Å². The number of amides is 1. The molecule has 2 N–H and O–H groups in total. The monoisotopic (exact) mass is 378 g/mol. The van der Waals surface area contributed by atoms with E-state index in [0.29, 0.717) is 12.1 Å². The summed E-state index contributed by atoms with van der Waals surface area (Å²) in [5.74, 6) is 0.210. The van der Waals surface area contributed by atoms with Gasteiger partial charge in [-0.25, -0.2) is 0 Å². The van der Waals surface area contributed by atoms with Gasteiger partial charge >= 0.3 is 0 Å². The third-order valence-electron chi connectivity index (χ3n) is 5.86. The van der Waals surface area contributed by atoms with Gasteiger partial charge in [-0.2, -0.15) is 5.26 Å². The van der Waals surface area contributed by atoms with Crippen LogP contribution in [0.3, 0.4) is 0 Å². The van der Waals surface area contributed by atoms with E-state index in [2.05, 4.69) is 25.1 Å². The zero-order valence-corrected chi connectivity index (χ0v) is 16.8. The fourth-order valence-corrected chi connectivity index (χ4v) is 3.81. The lowest BCUT2D eigenvalue weighted by molar-refractivity contribution is -1.02. The van der Waals surface area contributed by atoms with Crippen LogP contribution in [0.15, 0.2) is 54.6 Å². The number of likely N-dealkylation sites (N-methyl/N-ethyl adjacent to an activating group) is 1. The lowest BCUT2D eigenvalue weighted by atomic mass is 10.1. The molecule has 0 spiro atoms. The molecule has 2 aromatic rings. The van der Waals surface area contributed by atoms with Crippen LogP contribution in [0.25, 0.3) is 0 Å². The first-order valence-corrected chi connectivity index (χ1v) is 10.0. The SMILES string of the molecule is C[C@H](c1ccccc1)N(C)C(=O)C[NH+]1CC[NH+](Cc2ccc(C#N)cc2)CC1. The minimum atomic E-state index is 0.0939. The van der Waals surface area contributed by atoms with Crippen molar-refractivity contribution in [1.29, 1.82) is 5.26 Å². The molecule has 1 fully saturated rings. The van der Waals surface area contributed by atoms with Crippen molar-refractivity contribution in [1.82, 2.24) is 4.90 Å². The largest absolute Gasteiger partial charge is 0.334 e. The van der Waals surface area contributed by atoms with Crippen LogP contribution < -0.4 is 9.80 Å². The minimum Gasteiger partial charge on any atom is -0.334 e. The minimum absolute atomic E-state index is 0.0939. The van der Waals surface area contributed by atoms with Crippen molar-refractivity contribution in [2.45, 2.75) is 19.5 Å². The summed E-state index contributed by atoms with van der Waals surface area (Å²) in [5, 5.41) is 8.90. The Bertz CT molecular complexity index is 805. The van der Waals surface area contributed by atoms with Crippen molar-refractivity contribution in [2.75, 3.05) is 39.8 Å². The van der Waals surface area contributed by atoms with Gasteiger partial charge in [-0.3, -0.25) is 4.79 Å². The molecule has 1 aliphatic rings. The summed E-state index contributed by atoms with van der Waals surface area (Å²) >= 11 is 0. The van der Waals surface area contributed by atoms with Gasteiger partial charge in [0.2, 0.25) is 0 Å². The number of benzene rings is 2. The molecular weight excluding hydrogens is 348 g/mol. The summed E-state index contributed by atoms with van der Waals surface area (Å²) in [4.78, 5) is 17.5. The van der Waals surface area contributed by atoms with Gasteiger partial charge in [0.1, 0.15) is 32.7 Å². The molecule has 0 radical (unpaired) electrons. The predicted octanol–water partition coefficient (Wildman–Crippen LogP) is 0.0613. The molecule has 5 heteroatoms. The Hall–Kier alpha value is -2.68. The fraction of sp³-hybridized carbons (Fsp3) is 0.391. The summed E-state index contributed by atoms with van der Waals surface area (Å²) in [5.41, 5.74) is 3.15. The molecule has 3 rings (SSSR count). The van der Waals surface area contributed by atoms with Gasteiger partial charge < -0.3 is 14.7 Å². The van der Waals surface area contributed by atoms with Crippen LogP contribution in [0.5, 0.6) is 0 Å². The van der Waals surface area contributed by atoms with Crippen LogP contribution in [0.2, 0.25) is 0 Å². The van der Waals surface area contributed by atoms with Crippen LogP contribution >= 0.6 is 0 Å². The number of rotatable bonds is 6. The summed E-state index contributed by atoms with van der Waals surface area (Å²) in [6.07, 6.45) is 0. The maximum Gasteiger partial charge on any atom is 0.278 e. The van der Waals surface area contributed by atoms with Crippen LogP contribution in [0.4, 0.5) is 0 Å². The molecule has 1 atom stereocenters. The highest BCUT2D eigenvalue weighted by molar-refractivity contribution is 5.77. The van der Waals surface area contributed by atoms with E-state index in [1.807, 2.05) is 54.4 Å². The van der Waals surface area contributed by atoms with Gasteiger partial charge in [0.05, 0.1) is 17.7 Å². The summed E-state index contributed by atoms with van der Waals surface area (Å²) in [6.45, 7) is 7.81. The number of quaternary nitrogens is 2. The second-order valence-electron chi connectivity index (χ2n) is 7.75. The Balaban J connectivity index is 1.45. The van der Waals surface area contributed by atoms with E-state index in [0.717, 1.165) is 32.7 Å². The van der Waals surface area contributed by atoms with Crippen molar-refractivity contribution < 1.29 is 14.6 Å². The van der Waals surface area contributed by atoms with Crippen molar-refractivity contribution in [3.05, 3.63) is 71.3 Å². The zero-order valence-electron chi connectivity index (χ0n) is 16.8. The van der Waals surface area contributed by atoms with E-state index in [4.69, 9.17) is 5.26 Å². The first-order valence-electron chi connectivity index (χ1n) is 10.0. The Morgan fingerprint density at radius 2 is 1.64 bits per heavy atom. The lowest BCUT2D eigenvalue weighted by Gasteiger charge is -2.31. The number of nitrogens with zero attached hydrogens (tertiary/aromatic N) is 2. The summed E-state index contributed by atoms with van der Waals surface area (Å²) in [7, 11) is 1.91. The molecule has 0 unspecified atom stereocenters. The Morgan fingerprint density at radius 1 is 1.04 bits per heavy atom. The fourth-order valence-electron chi connectivity index (χ4n) is 3.81. The molecular formula is C23H30N4O+2. The number of carbonyl (C=O) groups is 1. The maximum absolute atomic E-state index is 12.7. The second kappa shape index (κ2) is 9.50. The van der Waals surface area contributed by atoms with E-state index in [1.54, 1.807) is 4.90 Å². The van der Waals surface area contributed by atoms with Crippen molar-refractivity contribution in [2.24, 2.45) is 0 Å². The van der Waals surface area contributed by atoms with E-state index < -0.39 is 0 Å². The van der Waals surface area contributed by atoms with Crippen LogP contribution in [-0.2, 0) is 11.3 Å². The van der Waals surface area contributed by atoms with E-state index in [-0.39, 0.29) is 11.9 Å². The molecule has 0 aromatic heterocycles. The molecule has 28 heavy (non-hydrogen) atoms. The Morgan fingerprint density at radius 3 is 2.25 bits per heavy atom.